The van der Waals surface area contributed by atoms with Crippen LogP contribution < -0.4 is 10.0 Å². The number of hydrogen-bond acceptors (Lipinski definition) is 5. The Morgan fingerprint density at radius 3 is 2.26 bits per heavy atom. The van der Waals surface area contributed by atoms with Crippen molar-refractivity contribution in [2.75, 3.05) is 11.9 Å². The van der Waals surface area contributed by atoms with E-state index in [0.717, 1.165) is 6.42 Å². The van der Waals surface area contributed by atoms with Gasteiger partial charge in [-0.3, -0.25) is 0 Å². The molecule has 0 spiro atoms. The lowest BCUT2D eigenvalue weighted by Crippen LogP contribution is -2.37. The van der Waals surface area contributed by atoms with Crippen LogP contribution in [0.5, 0.6) is 0 Å². The van der Waals surface area contributed by atoms with Crippen LogP contribution in [0.2, 0.25) is 0 Å². The average Bonchev–Trinajstić information content (AvgIpc) is 2.38. The molecular weight excluding hydrogens is 264 g/mol. The number of sulfonamides is 1. The van der Waals surface area contributed by atoms with Crippen molar-refractivity contribution in [3.05, 3.63) is 12.4 Å². The van der Waals surface area contributed by atoms with Crippen LogP contribution in [0.25, 0.3) is 0 Å². The van der Waals surface area contributed by atoms with E-state index in [1.165, 1.54) is 12.4 Å². The molecule has 19 heavy (non-hydrogen) atoms. The lowest BCUT2D eigenvalue weighted by atomic mass is 10.0. The van der Waals surface area contributed by atoms with Gasteiger partial charge in [-0.05, 0) is 19.8 Å². The van der Waals surface area contributed by atoms with E-state index in [1.54, 1.807) is 0 Å². The fourth-order valence-electron chi connectivity index (χ4n) is 1.49. The van der Waals surface area contributed by atoms with Gasteiger partial charge < -0.3 is 5.32 Å². The maximum atomic E-state index is 12.1. The molecule has 1 heterocycles. The molecule has 0 aliphatic heterocycles. The first-order valence-electron chi connectivity index (χ1n) is 6.49. The van der Waals surface area contributed by atoms with Crippen LogP contribution in [0.1, 0.15) is 34.1 Å². The summed E-state index contributed by atoms with van der Waals surface area (Å²) in [6, 6.07) is -0.122. The molecule has 1 aromatic rings. The normalized spacial score (nSPS) is 14.9. The highest BCUT2D eigenvalue weighted by atomic mass is 32.2. The number of rotatable bonds is 7. The van der Waals surface area contributed by atoms with Gasteiger partial charge in [0, 0.05) is 12.6 Å². The number of nitrogens with zero attached hydrogens (tertiary/aromatic N) is 2. The van der Waals surface area contributed by atoms with Crippen LogP contribution in [-0.4, -0.2) is 31.0 Å². The molecule has 0 saturated heterocycles. The van der Waals surface area contributed by atoms with Gasteiger partial charge in [0.25, 0.3) is 0 Å². The minimum Gasteiger partial charge on any atom is -0.355 e. The Balaban J connectivity index is 2.82. The summed E-state index contributed by atoms with van der Waals surface area (Å²) in [5.74, 6) is 0.702. The Morgan fingerprint density at radius 2 is 1.79 bits per heavy atom. The van der Waals surface area contributed by atoms with Gasteiger partial charge in [-0.15, -0.1) is 0 Å². The Hall–Kier alpha value is -1.21. The fourth-order valence-corrected chi connectivity index (χ4v) is 2.73. The molecule has 0 fully saturated rings. The summed E-state index contributed by atoms with van der Waals surface area (Å²) < 4.78 is 26.9. The summed E-state index contributed by atoms with van der Waals surface area (Å²) in [4.78, 5) is 8.02. The van der Waals surface area contributed by atoms with E-state index in [1.807, 2.05) is 27.7 Å². The summed E-state index contributed by atoms with van der Waals surface area (Å²) in [6.45, 7) is 8.51. The molecule has 0 aliphatic rings. The minimum absolute atomic E-state index is 0.0873. The van der Waals surface area contributed by atoms with Crippen LogP contribution in [0.15, 0.2) is 17.3 Å². The highest BCUT2D eigenvalue weighted by Gasteiger charge is 2.21. The van der Waals surface area contributed by atoms with Crippen LogP contribution in [0, 0.1) is 5.92 Å². The zero-order valence-corrected chi connectivity index (χ0v) is 12.7. The predicted octanol–water partition coefficient (Wildman–Crippen LogP) is 1.62. The van der Waals surface area contributed by atoms with Gasteiger partial charge in [0.15, 0.2) is 0 Å². The van der Waals surface area contributed by atoms with Crippen molar-refractivity contribution >= 4 is 16.0 Å². The smallest absolute Gasteiger partial charge is 0.243 e. The monoisotopic (exact) mass is 286 g/mol. The van der Waals surface area contributed by atoms with Gasteiger partial charge in [-0.2, -0.15) is 0 Å². The van der Waals surface area contributed by atoms with Gasteiger partial charge in [-0.1, -0.05) is 20.3 Å². The molecule has 0 radical (unpaired) electrons. The molecule has 0 bridgehead atoms. The maximum Gasteiger partial charge on any atom is 0.243 e. The second-order valence-electron chi connectivity index (χ2n) is 4.57. The highest BCUT2D eigenvalue weighted by molar-refractivity contribution is 7.89. The van der Waals surface area contributed by atoms with Gasteiger partial charge in [-0.25, -0.2) is 23.1 Å². The standard InChI is InChI=1S/C12H22N4O2S/c1-5-9(3)10(4)16-19(17,18)11-7-14-12(13-6-2)15-8-11/h7-10,16H,5-6H2,1-4H3,(H,13,14,15). The Morgan fingerprint density at radius 1 is 1.21 bits per heavy atom. The Labute approximate surface area is 115 Å². The first-order chi connectivity index (χ1) is 8.90. The minimum atomic E-state index is -3.55. The van der Waals surface area contributed by atoms with Crippen LogP contribution in [0.3, 0.4) is 0 Å². The molecule has 2 N–H and O–H groups in total. The van der Waals surface area contributed by atoms with Crippen molar-refractivity contribution in [1.29, 1.82) is 0 Å². The van der Waals surface area contributed by atoms with E-state index in [9.17, 15) is 8.42 Å². The molecular formula is C12H22N4O2S. The fraction of sp³-hybridized carbons (Fsp3) is 0.667. The quantitative estimate of drug-likeness (QED) is 0.795. The van der Waals surface area contributed by atoms with Gasteiger partial charge >= 0.3 is 0 Å². The van der Waals surface area contributed by atoms with Gasteiger partial charge in [0.1, 0.15) is 4.90 Å². The van der Waals surface area contributed by atoms with Gasteiger partial charge in [0.05, 0.1) is 12.4 Å². The largest absolute Gasteiger partial charge is 0.355 e. The molecule has 108 valence electrons. The number of anilines is 1. The predicted molar refractivity (Wildman–Crippen MR) is 75.4 cm³/mol. The third-order valence-electron chi connectivity index (χ3n) is 3.11. The van der Waals surface area contributed by atoms with Crippen LogP contribution in [-0.2, 0) is 10.0 Å². The molecule has 1 aromatic heterocycles. The lowest BCUT2D eigenvalue weighted by molar-refractivity contribution is 0.434. The van der Waals surface area contributed by atoms with E-state index >= 15 is 0 Å². The summed E-state index contributed by atoms with van der Waals surface area (Å²) in [5.41, 5.74) is 0. The second kappa shape index (κ2) is 6.81. The molecule has 2 atom stereocenters. The van der Waals surface area contributed by atoms with Crippen LogP contribution in [0.4, 0.5) is 5.95 Å². The van der Waals surface area contributed by atoms with E-state index in [0.29, 0.717) is 12.5 Å². The molecule has 7 heteroatoms. The molecule has 2 unspecified atom stereocenters. The molecule has 0 aliphatic carbocycles. The molecule has 6 nitrogen and oxygen atoms in total. The molecule has 0 aromatic carbocycles. The van der Waals surface area contributed by atoms with Crippen molar-refractivity contribution in [3.63, 3.8) is 0 Å². The zero-order chi connectivity index (χ0) is 14.5. The van der Waals surface area contributed by atoms with Crippen molar-refractivity contribution in [2.45, 2.75) is 45.1 Å². The van der Waals surface area contributed by atoms with E-state index in [-0.39, 0.29) is 16.9 Å². The highest BCUT2D eigenvalue weighted by Crippen LogP contribution is 2.12. The van der Waals surface area contributed by atoms with Gasteiger partial charge in [0.2, 0.25) is 16.0 Å². The van der Waals surface area contributed by atoms with Crippen molar-refractivity contribution in [3.8, 4) is 0 Å². The third-order valence-corrected chi connectivity index (χ3v) is 4.63. The zero-order valence-electron chi connectivity index (χ0n) is 11.8. The second-order valence-corrected chi connectivity index (χ2v) is 6.28. The average molecular weight is 286 g/mol. The lowest BCUT2D eigenvalue weighted by Gasteiger charge is -2.19. The third kappa shape index (κ3) is 4.43. The van der Waals surface area contributed by atoms with Crippen molar-refractivity contribution < 1.29 is 8.42 Å². The number of nitrogens with one attached hydrogen (secondary N) is 2. The first-order valence-corrected chi connectivity index (χ1v) is 7.97. The maximum absolute atomic E-state index is 12.1. The molecule has 0 amide bonds. The van der Waals surface area contributed by atoms with Crippen molar-refractivity contribution in [2.24, 2.45) is 5.92 Å². The first kappa shape index (κ1) is 15.8. The van der Waals surface area contributed by atoms with E-state index < -0.39 is 10.0 Å². The number of hydrogen-bond donors (Lipinski definition) is 2. The Kier molecular flexibility index (Phi) is 5.68. The van der Waals surface area contributed by atoms with Crippen LogP contribution >= 0.6 is 0 Å². The summed E-state index contributed by atoms with van der Waals surface area (Å²) >= 11 is 0. The molecule has 1 rings (SSSR count). The van der Waals surface area contributed by atoms with Crippen molar-refractivity contribution in [1.82, 2.24) is 14.7 Å². The summed E-state index contributed by atoms with van der Waals surface area (Å²) in [5, 5.41) is 2.92. The SMILES string of the molecule is CCNc1ncc(S(=O)(=O)NC(C)C(C)CC)cn1. The summed E-state index contributed by atoms with van der Waals surface area (Å²) in [6.07, 6.45) is 3.55. The Bertz CT molecular complexity index is 487. The molecule has 0 saturated carbocycles. The summed E-state index contributed by atoms with van der Waals surface area (Å²) in [7, 11) is -3.55. The topological polar surface area (TPSA) is 84.0 Å². The van der Waals surface area contributed by atoms with E-state index in [2.05, 4.69) is 20.0 Å². The van der Waals surface area contributed by atoms with E-state index in [4.69, 9.17) is 0 Å². The number of aromatic nitrogens is 2.